The summed E-state index contributed by atoms with van der Waals surface area (Å²) in [6.45, 7) is 6.35. The van der Waals surface area contributed by atoms with Crippen molar-refractivity contribution in [3.63, 3.8) is 0 Å². The highest BCUT2D eigenvalue weighted by atomic mass is 16.5. The molecule has 2 aliphatic heterocycles. The average Bonchev–Trinajstić information content (AvgIpc) is 3.32. The van der Waals surface area contributed by atoms with Gasteiger partial charge in [-0.2, -0.15) is 4.98 Å². The van der Waals surface area contributed by atoms with E-state index in [1.807, 2.05) is 43.5 Å². The minimum absolute atomic E-state index is 0.0604. The van der Waals surface area contributed by atoms with E-state index in [2.05, 4.69) is 26.2 Å². The molecule has 0 unspecified atom stereocenters. The minimum Gasteiger partial charge on any atom is -0.378 e. The molecule has 2 aromatic heterocycles. The van der Waals surface area contributed by atoms with Crippen molar-refractivity contribution in [2.24, 2.45) is 0 Å². The maximum Gasteiger partial charge on any atom is 0.251 e. The van der Waals surface area contributed by atoms with Crippen LogP contribution in [0.1, 0.15) is 29.3 Å². The molecule has 0 bridgehead atoms. The van der Waals surface area contributed by atoms with E-state index in [0.29, 0.717) is 31.3 Å². The van der Waals surface area contributed by atoms with E-state index < -0.39 is 0 Å². The lowest BCUT2D eigenvalue weighted by Gasteiger charge is -2.28. The van der Waals surface area contributed by atoms with Crippen LogP contribution in [0.5, 0.6) is 0 Å². The number of morpholine rings is 1. The molecular formula is C25H28N6O2. The average molecular weight is 445 g/mol. The van der Waals surface area contributed by atoms with Crippen molar-refractivity contribution < 1.29 is 9.53 Å². The van der Waals surface area contributed by atoms with Crippen LogP contribution in [0.25, 0.3) is 11.3 Å². The van der Waals surface area contributed by atoms with Gasteiger partial charge in [0, 0.05) is 49.1 Å². The van der Waals surface area contributed by atoms with Gasteiger partial charge < -0.3 is 19.9 Å². The molecule has 1 N–H and O–H groups in total. The molecule has 0 atom stereocenters. The fourth-order valence-electron chi connectivity index (χ4n) is 4.30. The van der Waals surface area contributed by atoms with Crippen molar-refractivity contribution in [1.29, 1.82) is 0 Å². The quantitative estimate of drug-likeness (QED) is 0.625. The third-order valence-corrected chi connectivity index (χ3v) is 6.00. The standard InChI is InChI=1S/C25H28N6O2/c1-2-9-27-24(32)19-6-3-5-18(16-19)22-21-8-11-31(20-7-4-10-26-17-20)23(21)29-25(28-22)30-12-14-33-15-13-30/h3-7,10,16-17H,2,8-9,11-15H2,1H3,(H,27,32). The predicted molar refractivity (Wildman–Crippen MR) is 128 cm³/mol. The topological polar surface area (TPSA) is 83.5 Å². The maximum atomic E-state index is 12.6. The van der Waals surface area contributed by atoms with Crippen LogP contribution in [-0.4, -0.2) is 60.3 Å². The zero-order valence-electron chi connectivity index (χ0n) is 18.8. The summed E-state index contributed by atoms with van der Waals surface area (Å²) in [5.41, 5.74) is 4.57. The summed E-state index contributed by atoms with van der Waals surface area (Å²) < 4.78 is 5.53. The zero-order chi connectivity index (χ0) is 22.6. The van der Waals surface area contributed by atoms with Crippen LogP contribution in [0.3, 0.4) is 0 Å². The van der Waals surface area contributed by atoms with Gasteiger partial charge in [0.15, 0.2) is 0 Å². The molecule has 3 aromatic rings. The van der Waals surface area contributed by atoms with Crippen molar-refractivity contribution >= 4 is 23.4 Å². The second-order valence-corrected chi connectivity index (χ2v) is 8.22. The Morgan fingerprint density at radius 2 is 2.00 bits per heavy atom. The SMILES string of the molecule is CCCNC(=O)c1cccc(-c2nc(N3CCOCC3)nc3c2CCN3c2cccnc2)c1. The minimum atomic E-state index is -0.0604. The highest BCUT2D eigenvalue weighted by molar-refractivity contribution is 5.95. The number of carbonyl (C=O) groups excluding carboxylic acids is 1. The molecule has 1 fully saturated rings. The molecule has 170 valence electrons. The summed E-state index contributed by atoms with van der Waals surface area (Å²) in [5, 5.41) is 2.96. The van der Waals surface area contributed by atoms with Crippen LogP contribution in [0.4, 0.5) is 17.5 Å². The maximum absolute atomic E-state index is 12.6. The number of nitrogens with one attached hydrogen (secondary N) is 1. The van der Waals surface area contributed by atoms with Crippen LogP contribution in [0.2, 0.25) is 0 Å². The zero-order valence-corrected chi connectivity index (χ0v) is 18.8. The number of pyridine rings is 1. The lowest BCUT2D eigenvalue weighted by Crippen LogP contribution is -2.37. The molecule has 5 rings (SSSR count). The van der Waals surface area contributed by atoms with E-state index in [1.165, 1.54) is 0 Å². The van der Waals surface area contributed by atoms with Crippen molar-refractivity contribution in [2.75, 3.05) is 49.2 Å². The van der Waals surface area contributed by atoms with Crippen LogP contribution < -0.4 is 15.1 Å². The number of benzene rings is 1. The van der Waals surface area contributed by atoms with Crippen LogP contribution in [0, 0.1) is 0 Å². The Hall–Kier alpha value is -3.52. The van der Waals surface area contributed by atoms with Crippen LogP contribution in [-0.2, 0) is 11.2 Å². The monoisotopic (exact) mass is 444 g/mol. The molecule has 4 heterocycles. The van der Waals surface area contributed by atoms with Crippen molar-refractivity contribution in [1.82, 2.24) is 20.3 Å². The lowest BCUT2D eigenvalue weighted by molar-refractivity contribution is 0.0953. The molecule has 8 heteroatoms. The summed E-state index contributed by atoms with van der Waals surface area (Å²) >= 11 is 0. The summed E-state index contributed by atoms with van der Waals surface area (Å²) in [4.78, 5) is 31.3. The van der Waals surface area contributed by atoms with Gasteiger partial charge in [0.1, 0.15) is 5.82 Å². The van der Waals surface area contributed by atoms with Crippen LogP contribution >= 0.6 is 0 Å². The number of hydrogen-bond donors (Lipinski definition) is 1. The first kappa shape index (κ1) is 21.3. The fraction of sp³-hybridized carbons (Fsp3) is 0.360. The third-order valence-electron chi connectivity index (χ3n) is 6.00. The highest BCUT2D eigenvalue weighted by Crippen LogP contribution is 2.39. The Labute approximate surface area is 193 Å². The number of amides is 1. The molecule has 0 aliphatic carbocycles. The molecule has 1 aromatic carbocycles. The first-order chi connectivity index (χ1) is 16.2. The van der Waals surface area contributed by atoms with E-state index in [1.54, 1.807) is 6.20 Å². The number of aromatic nitrogens is 3. The van der Waals surface area contributed by atoms with E-state index in [9.17, 15) is 4.79 Å². The van der Waals surface area contributed by atoms with Gasteiger partial charge >= 0.3 is 0 Å². The molecule has 1 saturated heterocycles. The molecule has 2 aliphatic rings. The van der Waals surface area contributed by atoms with Gasteiger partial charge in [-0.1, -0.05) is 19.1 Å². The Kier molecular flexibility index (Phi) is 6.17. The first-order valence-electron chi connectivity index (χ1n) is 11.5. The van der Waals surface area contributed by atoms with Crippen molar-refractivity contribution in [2.45, 2.75) is 19.8 Å². The second kappa shape index (κ2) is 9.54. The smallest absolute Gasteiger partial charge is 0.251 e. The molecular weight excluding hydrogens is 416 g/mol. The van der Waals surface area contributed by atoms with E-state index in [4.69, 9.17) is 14.7 Å². The predicted octanol–water partition coefficient (Wildman–Crippen LogP) is 3.21. The molecule has 8 nitrogen and oxygen atoms in total. The number of anilines is 3. The van der Waals surface area contributed by atoms with E-state index in [0.717, 1.165) is 60.8 Å². The summed E-state index contributed by atoms with van der Waals surface area (Å²) in [5.74, 6) is 1.55. The first-order valence-corrected chi connectivity index (χ1v) is 11.5. The van der Waals surface area contributed by atoms with Gasteiger partial charge in [-0.05, 0) is 37.1 Å². The summed E-state index contributed by atoms with van der Waals surface area (Å²) in [6, 6.07) is 11.7. The molecule has 0 saturated carbocycles. The molecule has 33 heavy (non-hydrogen) atoms. The van der Waals surface area contributed by atoms with Gasteiger partial charge in [-0.3, -0.25) is 9.78 Å². The van der Waals surface area contributed by atoms with E-state index in [-0.39, 0.29) is 5.91 Å². The lowest BCUT2D eigenvalue weighted by atomic mass is 10.0. The number of rotatable bonds is 6. The summed E-state index contributed by atoms with van der Waals surface area (Å²) in [6.07, 6.45) is 5.37. The van der Waals surface area contributed by atoms with Crippen LogP contribution in [0.15, 0.2) is 48.8 Å². The van der Waals surface area contributed by atoms with Gasteiger partial charge in [-0.15, -0.1) is 0 Å². The Morgan fingerprint density at radius 3 is 2.79 bits per heavy atom. The van der Waals surface area contributed by atoms with E-state index >= 15 is 0 Å². The van der Waals surface area contributed by atoms with Gasteiger partial charge in [0.25, 0.3) is 5.91 Å². The number of carbonyl (C=O) groups is 1. The summed E-state index contributed by atoms with van der Waals surface area (Å²) in [7, 11) is 0. The van der Waals surface area contributed by atoms with Gasteiger partial charge in [0.2, 0.25) is 5.95 Å². The fourth-order valence-corrected chi connectivity index (χ4v) is 4.30. The van der Waals surface area contributed by atoms with Crippen molar-refractivity contribution in [3.8, 4) is 11.3 Å². The number of ether oxygens (including phenoxy) is 1. The number of nitrogens with zero attached hydrogens (tertiary/aromatic N) is 5. The Balaban J connectivity index is 1.59. The highest BCUT2D eigenvalue weighted by Gasteiger charge is 2.29. The normalized spacial score (nSPS) is 15.4. The Bertz CT molecular complexity index is 1130. The van der Waals surface area contributed by atoms with Gasteiger partial charge in [-0.25, -0.2) is 4.98 Å². The molecule has 0 radical (unpaired) electrons. The largest absolute Gasteiger partial charge is 0.378 e. The number of fused-ring (bicyclic) bond motifs is 1. The van der Waals surface area contributed by atoms with Gasteiger partial charge in [0.05, 0.1) is 30.8 Å². The second-order valence-electron chi connectivity index (χ2n) is 8.22. The molecule has 0 spiro atoms. The van der Waals surface area contributed by atoms with Crippen molar-refractivity contribution in [3.05, 3.63) is 59.9 Å². The molecule has 1 amide bonds. The number of hydrogen-bond acceptors (Lipinski definition) is 7. The third kappa shape index (κ3) is 4.39. The Morgan fingerprint density at radius 1 is 1.12 bits per heavy atom.